The number of H-pyrrole nitrogens is 1. The Morgan fingerprint density at radius 1 is 0.975 bits per heavy atom. The van der Waals surface area contributed by atoms with Crippen molar-refractivity contribution in [3.8, 4) is 0 Å². The van der Waals surface area contributed by atoms with Crippen LogP contribution in [0.5, 0.6) is 0 Å². The summed E-state index contributed by atoms with van der Waals surface area (Å²) in [4.78, 5) is 36.3. The minimum absolute atomic E-state index is 0.0452. The minimum Gasteiger partial charge on any atom is -0.378 e. The van der Waals surface area contributed by atoms with Crippen LogP contribution in [0.4, 0.5) is 5.69 Å². The lowest BCUT2D eigenvalue weighted by atomic mass is 10.1. The molecule has 2 amide bonds. The van der Waals surface area contributed by atoms with Crippen molar-refractivity contribution in [2.45, 2.75) is 39.3 Å². The second kappa shape index (κ2) is 13.2. The predicted octanol–water partition coefficient (Wildman–Crippen LogP) is 7.05. The lowest BCUT2D eigenvalue weighted by molar-refractivity contribution is -0.133. The summed E-state index contributed by atoms with van der Waals surface area (Å²) in [6.07, 6.45) is 3.40. The molecule has 0 fully saturated rings. The van der Waals surface area contributed by atoms with Crippen LogP contribution in [0.3, 0.4) is 0 Å². The highest BCUT2D eigenvalue weighted by atomic mass is 35.5. The van der Waals surface area contributed by atoms with Gasteiger partial charge >= 0.3 is 0 Å². The average molecular weight is 580 g/mol. The zero-order valence-corrected chi connectivity index (χ0v) is 25.0. The van der Waals surface area contributed by atoms with E-state index in [0.717, 1.165) is 27.7 Å². The maximum absolute atomic E-state index is 13.9. The molecule has 0 aliphatic carbocycles. The molecule has 210 valence electrons. The van der Waals surface area contributed by atoms with Crippen molar-refractivity contribution in [1.29, 1.82) is 0 Å². The minimum atomic E-state index is -0.281. The molecule has 1 aromatic heterocycles. The van der Waals surface area contributed by atoms with E-state index in [-0.39, 0.29) is 29.4 Å². The van der Waals surface area contributed by atoms with E-state index in [1.54, 1.807) is 23.1 Å². The molecule has 1 heterocycles. The maximum atomic E-state index is 13.9. The van der Waals surface area contributed by atoms with Crippen LogP contribution in [0.2, 0.25) is 10.0 Å². The first-order valence-electron chi connectivity index (χ1n) is 13.5. The zero-order valence-electron chi connectivity index (χ0n) is 23.5. The van der Waals surface area contributed by atoms with E-state index in [1.807, 2.05) is 74.3 Å². The normalized spacial score (nSPS) is 11.8. The molecule has 1 unspecified atom stereocenters. The van der Waals surface area contributed by atoms with E-state index in [0.29, 0.717) is 36.5 Å². The van der Waals surface area contributed by atoms with Crippen molar-refractivity contribution in [3.05, 3.63) is 99.7 Å². The Morgan fingerprint density at radius 3 is 2.38 bits per heavy atom. The molecule has 0 aliphatic heterocycles. The van der Waals surface area contributed by atoms with Gasteiger partial charge in [0.15, 0.2) is 0 Å². The number of nitrogens with zero attached hydrogens (tertiary/aromatic N) is 3. The van der Waals surface area contributed by atoms with Gasteiger partial charge in [0.1, 0.15) is 6.54 Å². The number of rotatable bonds is 11. The lowest BCUT2D eigenvalue weighted by Gasteiger charge is -2.32. The molecule has 0 saturated heterocycles. The predicted molar refractivity (Wildman–Crippen MR) is 165 cm³/mol. The van der Waals surface area contributed by atoms with Crippen LogP contribution in [0.15, 0.2) is 72.9 Å². The SMILES string of the molecule is CCC(C)N(CC(=O)N(CCc1c[nH]c2ccccc12)Cc1ccc(N(C)C)cc1)C(=O)c1ccc(Cl)cc1Cl. The van der Waals surface area contributed by atoms with Gasteiger partial charge in [-0.05, 0) is 67.3 Å². The molecule has 4 aromatic rings. The third-order valence-electron chi connectivity index (χ3n) is 7.36. The molecule has 0 radical (unpaired) electrons. The molecule has 8 heteroatoms. The van der Waals surface area contributed by atoms with E-state index < -0.39 is 0 Å². The van der Waals surface area contributed by atoms with Crippen molar-refractivity contribution in [2.75, 3.05) is 32.1 Å². The molecule has 6 nitrogen and oxygen atoms in total. The number of hydrogen-bond donors (Lipinski definition) is 1. The number of amides is 2. The van der Waals surface area contributed by atoms with Gasteiger partial charge in [-0.2, -0.15) is 0 Å². The smallest absolute Gasteiger partial charge is 0.256 e. The van der Waals surface area contributed by atoms with Crippen molar-refractivity contribution in [2.24, 2.45) is 0 Å². The molecule has 40 heavy (non-hydrogen) atoms. The monoisotopic (exact) mass is 578 g/mol. The quantitative estimate of drug-likeness (QED) is 0.207. The summed E-state index contributed by atoms with van der Waals surface area (Å²) in [5.74, 6) is -0.397. The highest BCUT2D eigenvalue weighted by molar-refractivity contribution is 6.36. The van der Waals surface area contributed by atoms with Crippen molar-refractivity contribution in [1.82, 2.24) is 14.8 Å². The van der Waals surface area contributed by atoms with Gasteiger partial charge in [0.05, 0.1) is 10.6 Å². The standard InChI is InChI=1S/C32H36Cl2N4O2/c1-5-22(2)38(32(40)28-15-12-25(33)18-29(28)34)21-31(39)37(20-23-10-13-26(14-11-23)36(3)4)17-16-24-19-35-30-9-7-6-8-27(24)30/h6-15,18-19,22,35H,5,16-17,20-21H2,1-4H3. The Kier molecular flexibility index (Phi) is 9.77. The number of aromatic nitrogens is 1. The van der Waals surface area contributed by atoms with Gasteiger partial charge in [-0.3, -0.25) is 9.59 Å². The highest BCUT2D eigenvalue weighted by Gasteiger charge is 2.27. The molecule has 1 atom stereocenters. The number of carbonyl (C=O) groups excluding carboxylic acids is 2. The molecule has 4 rings (SSSR count). The summed E-state index contributed by atoms with van der Waals surface area (Å²) < 4.78 is 0. The number of fused-ring (bicyclic) bond motifs is 1. The molecule has 0 saturated carbocycles. The topological polar surface area (TPSA) is 59.7 Å². The number of benzene rings is 3. The summed E-state index contributed by atoms with van der Waals surface area (Å²) in [5, 5.41) is 1.88. The van der Waals surface area contributed by atoms with Crippen molar-refractivity contribution >= 4 is 51.6 Å². The van der Waals surface area contributed by atoms with E-state index in [9.17, 15) is 9.59 Å². The van der Waals surface area contributed by atoms with Crippen molar-refractivity contribution < 1.29 is 9.59 Å². The van der Waals surface area contributed by atoms with E-state index in [4.69, 9.17) is 23.2 Å². The van der Waals surface area contributed by atoms with E-state index in [2.05, 4.69) is 23.2 Å². The molecule has 1 N–H and O–H groups in total. The molecule has 0 bridgehead atoms. The van der Waals surface area contributed by atoms with Gasteiger partial charge in [0.2, 0.25) is 5.91 Å². The number of carbonyl (C=O) groups is 2. The van der Waals surface area contributed by atoms with Crippen LogP contribution in [-0.2, 0) is 17.8 Å². The number of hydrogen-bond acceptors (Lipinski definition) is 3. The van der Waals surface area contributed by atoms with Crippen LogP contribution >= 0.6 is 23.2 Å². The Bertz CT molecular complexity index is 1470. The third kappa shape index (κ3) is 6.98. The van der Waals surface area contributed by atoms with Crippen LogP contribution < -0.4 is 4.90 Å². The lowest BCUT2D eigenvalue weighted by Crippen LogP contribution is -2.47. The summed E-state index contributed by atoms with van der Waals surface area (Å²) in [6.45, 7) is 4.86. The second-order valence-corrected chi connectivity index (χ2v) is 11.1. The zero-order chi connectivity index (χ0) is 28.8. The fourth-order valence-electron chi connectivity index (χ4n) is 4.72. The Hall–Kier alpha value is -3.48. The summed E-state index contributed by atoms with van der Waals surface area (Å²) >= 11 is 12.4. The summed E-state index contributed by atoms with van der Waals surface area (Å²) in [6, 6.07) is 21.0. The summed E-state index contributed by atoms with van der Waals surface area (Å²) in [7, 11) is 4.00. The first-order chi connectivity index (χ1) is 19.2. The van der Waals surface area contributed by atoms with E-state index in [1.165, 1.54) is 0 Å². The molecular weight excluding hydrogens is 543 g/mol. The molecule has 0 aliphatic rings. The fourth-order valence-corrected chi connectivity index (χ4v) is 5.21. The molecular formula is C32H36Cl2N4O2. The molecule has 0 spiro atoms. The van der Waals surface area contributed by atoms with Gasteiger partial charge in [0, 0.05) is 61.0 Å². The van der Waals surface area contributed by atoms with E-state index >= 15 is 0 Å². The Morgan fingerprint density at radius 2 is 1.70 bits per heavy atom. The van der Waals surface area contributed by atoms with Gasteiger partial charge in [-0.25, -0.2) is 0 Å². The fraction of sp³-hybridized carbons (Fsp3) is 0.312. The average Bonchev–Trinajstić information content (AvgIpc) is 3.36. The van der Waals surface area contributed by atoms with Gasteiger partial charge in [0.25, 0.3) is 5.91 Å². The number of nitrogens with one attached hydrogen (secondary N) is 1. The largest absolute Gasteiger partial charge is 0.378 e. The number of aromatic amines is 1. The van der Waals surface area contributed by atoms with Crippen LogP contribution in [0.25, 0.3) is 10.9 Å². The Labute approximate surface area is 246 Å². The van der Waals surface area contributed by atoms with Gasteiger partial charge in [-0.15, -0.1) is 0 Å². The van der Waals surface area contributed by atoms with Crippen LogP contribution in [0.1, 0.15) is 41.8 Å². The second-order valence-electron chi connectivity index (χ2n) is 10.3. The first-order valence-corrected chi connectivity index (χ1v) is 14.3. The van der Waals surface area contributed by atoms with Crippen LogP contribution in [-0.4, -0.2) is 59.8 Å². The third-order valence-corrected chi connectivity index (χ3v) is 7.90. The number of halogens is 2. The summed E-state index contributed by atoms with van der Waals surface area (Å²) in [5.41, 5.74) is 4.68. The van der Waals surface area contributed by atoms with Gasteiger partial charge < -0.3 is 19.7 Å². The van der Waals surface area contributed by atoms with Gasteiger partial charge in [-0.1, -0.05) is 60.5 Å². The first kappa shape index (κ1) is 29.5. The molecule has 3 aromatic carbocycles. The maximum Gasteiger partial charge on any atom is 0.256 e. The highest BCUT2D eigenvalue weighted by Crippen LogP contribution is 2.24. The number of anilines is 1. The van der Waals surface area contributed by atoms with Crippen molar-refractivity contribution in [3.63, 3.8) is 0 Å². The van der Waals surface area contributed by atoms with Crippen LogP contribution in [0, 0.1) is 0 Å². The Balaban J connectivity index is 1.59. The number of para-hydroxylation sites is 1.